The Labute approximate surface area is 130 Å². The largest absolute Gasteiger partial charge is 0.444 e. The Hall–Kier alpha value is -1.81. The number of ether oxygens (including phenoxy) is 1. The monoisotopic (exact) mass is 303 g/mol. The van der Waals surface area contributed by atoms with Crippen LogP contribution >= 0.6 is 11.3 Å². The molecule has 2 rings (SSSR count). The summed E-state index contributed by atoms with van der Waals surface area (Å²) in [6.07, 6.45) is 0.465. The van der Waals surface area contributed by atoms with Gasteiger partial charge in [0.1, 0.15) is 10.6 Å². The Morgan fingerprint density at radius 1 is 1.24 bits per heavy atom. The number of amides is 1. The van der Waals surface area contributed by atoms with Gasteiger partial charge < -0.3 is 4.74 Å². The molecule has 0 aliphatic heterocycles. The molecule has 0 bridgehead atoms. The molecule has 21 heavy (non-hydrogen) atoms. The summed E-state index contributed by atoms with van der Waals surface area (Å²) in [6.45, 7) is 7.66. The molecule has 0 atom stereocenters. The lowest BCUT2D eigenvalue weighted by Gasteiger charge is -2.19. The molecule has 0 saturated carbocycles. The Morgan fingerprint density at radius 2 is 1.90 bits per heavy atom. The fourth-order valence-corrected chi connectivity index (χ4v) is 3.08. The molecule has 0 aliphatic rings. The predicted molar refractivity (Wildman–Crippen MR) is 89.0 cm³/mol. The number of aryl methyl sites for hydroxylation is 1. The highest BCUT2D eigenvalue weighted by atomic mass is 32.1. The van der Waals surface area contributed by atoms with Crippen molar-refractivity contribution in [3.8, 4) is 10.4 Å². The minimum absolute atomic E-state index is 0.404. The van der Waals surface area contributed by atoms with Gasteiger partial charge in [-0.1, -0.05) is 37.3 Å². The van der Waals surface area contributed by atoms with Crippen LogP contribution in [0, 0.1) is 0 Å². The maximum atomic E-state index is 11.9. The van der Waals surface area contributed by atoms with Crippen molar-refractivity contribution in [2.24, 2.45) is 0 Å². The molecule has 0 unspecified atom stereocenters. The van der Waals surface area contributed by atoms with Crippen LogP contribution in [0.15, 0.2) is 36.4 Å². The second-order valence-corrected chi connectivity index (χ2v) is 6.86. The van der Waals surface area contributed by atoms with Crippen molar-refractivity contribution in [3.63, 3.8) is 0 Å². The number of carbonyl (C=O) groups excluding carboxylic acids is 1. The number of rotatable bonds is 3. The summed E-state index contributed by atoms with van der Waals surface area (Å²) in [5, 5.41) is 3.73. The van der Waals surface area contributed by atoms with Gasteiger partial charge in [-0.05, 0) is 44.4 Å². The van der Waals surface area contributed by atoms with E-state index in [1.807, 2.05) is 39.0 Å². The van der Waals surface area contributed by atoms with Crippen LogP contribution in [0.4, 0.5) is 9.80 Å². The summed E-state index contributed by atoms with van der Waals surface area (Å²) in [7, 11) is 0. The first-order valence-corrected chi connectivity index (χ1v) is 7.89. The zero-order chi connectivity index (χ0) is 15.5. The van der Waals surface area contributed by atoms with Crippen molar-refractivity contribution in [1.29, 1.82) is 0 Å². The van der Waals surface area contributed by atoms with E-state index in [9.17, 15) is 4.79 Å². The summed E-state index contributed by atoms with van der Waals surface area (Å²) in [6, 6.07) is 12.3. The highest BCUT2D eigenvalue weighted by Crippen LogP contribution is 2.35. The summed E-state index contributed by atoms with van der Waals surface area (Å²) in [4.78, 5) is 13.1. The Bertz CT molecular complexity index is 611. The quantitative estimate of drug-likeness (QED) is 0.832. The summed E-state index contributed by atoms with van der Waals surface area (Å²) < 4.78 is 5.31. The second-order valence-electron chi connectivity index (χ2n) is 5.81. The van der Waals surface area contributed by atoms with Crippen molar-refractivity contribution >= 4 is 22.4 Å². The first kappa shape index (κ1) is 15.6. The van der Waals surface area contributed by atoms with Crippen molar-refractivity contribution in [2.75, 3.05) is 5.32 Å². The van der Waals surface area contributed by atoms with E-state index >= 15 is 0 Å². The highest BCUT2D eigenvalue weighted by Gasteiger charge is 2.18. The van der Waals surface area contributed by atoms with Crippen LogP contribution in [-0.2, 0) is 11.2 Å². The van der Waals surface area contributed by atoms with E-state index < -0.39 is 11.7 Å². The minimum atomic E-state index is -0.490. The molecule has 1 aromatic heterocycles. The summed E-state index contributed by atoms with van der Waals surface area (Å²) >= 11 is 1.58. The zero-order valence-electron chi connectivity index (χ0n) is 12.9. The maximum Gasteiger partial charge on any atom is 0.412 e. The first-order valence-electron chi connectivity index (χ1n) is 7.07. The third kappa shape index (κ3) is 4.33. The molecule has 0 saturated heterocycles. The van der Waals surface area contributed by atoms with E-state index in [0.29, 0.717) is 0 Å². The first-order chi connectivity index (χ1) is 9.89. The molecule has 3 nitrogen and oxygen atoms in total. The fraction of sp³-hybridized carbons (Fsp3) is 0.353. The standard InChI is InChI=1S/C17H21NO2S/c1-5-12-11-14(13-9-7-6-8-10-13)21-15(12)18-16(19)20-17(2,3)4/h6-11H,5H2,1-4H3,(H,18,19). The smallest absolute Gasteiger partial charge is 0.412 e. The third-order valence-corrected chi connectivity index (χ3v) is 4.00. The molecule has 0 spiro atoms. The molecule has 112 valence electrons. The normalized spacial score (nSPS) is 11.2. The van der Waals surface area contributed by atoms with Gasteiger partial charge in [-0.15, -0.1) is 11.3 Å². The summed E-state index contributed by atoms with van der Waals surface area (Å²) in [5.41, 5.74) is 1.80. The van der Waals surface area contributed by atoms with Crippen LogP contribution in [0.1, 0.15) is 33.3 Å². The number of hydrogen-bond acceptors (Lipinski definition) is 3. The number of benzene rings is 1. The fourth-order valence-electron chi connectivity index (χ4n) is 1.94. The van der Waals surface area contributed by atoms with Gasteiger partial charge in [0.25, 0.3) is 0 Å². The third-order valence-electron chi connectivity index (χ3n) is 2.86. The van der Waals surface area contributed by atoms with Crippen LogP contribution < -0.4 is 5.32 Å². The molecular formula is C17H21NO2S. The van der Waals surface area contributed by atoms with E-state index in [4.69, 9.17) is 4.74 Å². The van der Waals surface area contributed by atoms with E-state index in [0.717, 1.165) is 27.4 Å². The van der Waals surface area contributed by atoms with E-state index in [1.165, 1.54) is 0 Å². The van der Waals surface area contributed by atoms with E-state index in [-0.39, 0.29) is 0 Å². The number of carbonyl (C=O) groups is 1. The van der Waals surface area contributed by atoms with Crippen molar-refractivity contribution in [2.45, 2.75) is 39.7 Å². The number of anilines is 1. The predicted octanol–water partition coefficient (Wildman–Crippen LogP) is 5.32. The van der Waals surface area contributed by atoms with Gasteiger partial charge in [0.2, 0.25) is 0 Å². The van der Waals surface area contributed by atoms with E-state index in [1.54, 1.807) is 11.3 Å². The molecule has 0 radical (unpaired) electrons. The second kappa shape index (κ2) is 6.31. The number of thiophene rings is 1. The van der Waals surface area contributed by atoms with Gasteiger partial charge >= 0.3 is 6.09 Å². The maximum absolute atomic E-state index is 11.9. The number of nitrogens with one attached hydrogen (secondary N) is 1. The lowest BCUT2D eigenvalue weighted by molar-refractivity contribution is 0.0636. The highest BCUT2D eigenvalue weighted by molar-refractivity contribution is 7.19. The molecule has 4 heteroatoms. The minimum Gasteiger partial charge on any atom is -0.444 e. The van der Waals surface area contributed by atoms with Crippen LogP contribution in [0.5, 0.6) is 0 Å². The van der Waals surface area contributed by atoms with Crippen molar-refractivity contribution in [1.82, 2.24) is 0 Å². The molecule has 0 aliphatic carbocycles. The van der Waals surface area contributed by atoms with Crippen LogP contribution in [0.2, 0.25) is 0 Å². The summed E-state index contributed by atoms with van der Waals surface area (Å²) in [5.74, 6) is 0. The lowest BCUT2D eigenvalue weighted by atomic mass is 10.1. The molecule has 0 fully saturated rings. The number of hydrogen-bond donors (Lipinski definition) is 1. The van der Waals surface area contributed by atoms with Gasteiger partial charge in [-0.3, -0.25) is 5.32 Å². The van der Waals surface area contributed by atoms with Crippen LogP contribution in [0.25, 0.3) is 10.4 Å². The molecule has 2 aromatic rings. The van der Waals surface area contributed by atoms with Gasteiger partial charge in [-0.2, -0.15) is 0 Å². The van der Waals surface area contributed by atoms with E-state index in [2.05, 4.69) is 30.4 Å². The van der Waals surface area contributed by atoms with Gasteiger partial charge in [0.05, 0.1) is 0 Å². The van der Waals surface area contributed by atoms with Crippen molar-refractivity contribution in [3.05, 3.63) is 42.0 Å². The van der Waals surface area contributed by atoms with Crippen LogP contribution in [-0.4, -0.2) is 11.7 Å². The van der Waals surface area contributed by atoms with Gasteiger partial charge in [0.15, 0.2) is 0 Å². The van der Waals surface area contributed by atoms with Crippen molar-refractivity contribution < 1.29 is 9.53 Å². The van der Waals surface area contributed by atoms with Crippen LogP contribution in [0.3, 0.4) is 0 Å². The molecule has 1 heterocycles. The molecular weight excluding hydrogens is 282 g/mol. The SMILES string of the molecule is CCc1cc(-c2ccccc2)sc1NC(=O)OC(C)(C)C. The van der Waals surface area contributed by atoms with Gasteiger partial charge in [0, 0.05) is 4.88 Å². The Balaban J connectivity index is 2.20. The Kier molecular flexibility index (Phi) is 4.68. The Morgan fingerprint density at radius 3 is 2.48 bits per heavy atom. The average molecular weight is 303 g/mol. The molecule has 1 aromatic carbocycles. The van der Waals surface area contributed by atoms with Gasteiger partial charge in [-0.25, -0.2) is 4.79 Å². The topological polar surface area (TPSA) is 38.3 Å². The lowest BCUT2D eigenvalue weighted by Crippen LogP contribution is -2.27. The molecule has 1 amide bonds. The zero-order valence-corrected chi connectivity index (χ0v) is 13.7. The average Bonchev–Trinajstić information content (AvgIpc) is 2.80. The molecule has 1 N–H and O–H groups in total.